The molecule has 0 radical (unpaired) electrons. The van der Waals surface area contributed by atoms with Crippen LogP contribution in [0.5, 0.6) is 0 Å². The number of likely N-dealkylation sites (N-methyl/N-ethyl adjacent to an activating group) is 1. The smallest absolute Gasteiger partial charge is 0.253 e. The molecule has 4 nitrogen and oxygen atoms in total. The average molecular weight is 311 g/mol. The Balaban J connectivity index is 0.00000161. The lowest BCUT2D eigenvalue weighted by atomic mass is 10.1. The first-order valence-electron chi connectivity index (χ1n) is 7.48. The van der Waals surface area contributed by atoms with Gasteiger partial charge >= 0.3 is 0 Å². The topological polar surface area (TPSA) is 41.6 Å². The predicted octanol–water partition coefficient (Wildman–Crippen LogP) is 2.72. The summed E-state index contributed by atoms with van der Waals surface area (Å²) in [5.41, 5.74) is 3.20. The van der Waals surface area contributed by atoms with E-state index in [-0.39, 0.29) is 24.4 Å². The molecule has 1 saturated heterocycles. The van der Waals surface area contributed by atoms with Crippen LogP contribution in [0.1, 0.15) is 35.2 Å². The van der Waals surface area contributed by atoms with Crippen LogP contribution in [0.4, 0.5) is 5.69 Å². The van der Waals surface area contributed by atoms with Crippen molar-refractivity contribution < 1.29 is 9.53 Å². The van der Waals surface area contributed by atoms with Gasteiger partial charge < -0.3 is 15.0 Å². The summed E-state index contributed by atoms with van der Waals surface area (Å²) in [4.78, 5) is 14.3. The number of carbonyl (C=O) groups is 1. The lowest BCUT2D eigenvalue weighted by Crippen LogP contribution is -2.37. The number of amides is 1. The molecule has 0 aliphatic carbocycles. The van der Waals surface area contributed by atoms with Crippen molar-refractivity contribution in [3.05, 3.63) is 29.3 Å². The van der Waals surface area contributed by atoms with Gasteiger partial charge in [-0.2, -0.15) is 0 Å². The molecule has 1 N–H and O–H groups in total. The number of benzene rings is 1. The van der Waals surface area contributed by atoms with E-state index in [1.54, 1.807) is 4.90 Å². The van der Waals surface area contributed by atoms with Crippen molar-refractivity contribution in [2.75, 3.05) is 32.1 Å². The van der Waals surface area contributed by atoms with E-state index < -0.39 is 0 Å². The van der Waals surface area contributed by atoms with Gasteiger partial charge in [-0.25, -0.2) is 0 Å². The number of anilines is 1. The highest BCUT2D eigenvalue weighted by molar-refractivity contribution is 5.95. The molecule has 2 aliphatic heterocycles. The molecule has 116 valence electrons. The first-order valence-corrected chi connectivity index (χ1v) is 7.48. The molecule has 1 atom stereocenters. The van der Waals surface area contributed by atoms with E-state index in [2.05, 4.69) is 5.32 Å². The van der Waals surface area contributed by atoms with Gasteiger partial charge in [0.1, 0.15) is 0 Å². The Morgan fingerprint density at radius 1 is 1.43 bits per heavy atom. The molecule has 2 aliphatic rings. The van der Waals surface area contributed by atoms with Crippen LogP contribution >= 0.6 is 12.4 Å². The number of fused-ring (bicyclic) bond motifs is 1. The van der Waals surface area contributed by atoms with E-state index in [9.17, 15) is 4.79 Å². The van der Waals surface area contributed by atoms with Crippen LogP contribution in [0.2, 0.25) is 0 Å². The lowest BCUT2D eigenvalue weighted by Gasteiger charge is -2.27. The van der Waals surface area contributed by atoms with E-state index in [0.717, 1.165) is 38.0 Å². The molecule has 2 heterocycles. The molecule has 5 heteroatoms. The molecular weight excluding hydrogens is 288 g/mol. The van der Waals surface area contributed by atoms with Crippen molar-refractivity contribution in [3.8, 4) is 0 Å². The number of nitrogens with zero attached hydrogens (tertiary/aromatic N) is 1. The minimum absolute atomic E-state index is 0. The van der Waals surface area contributed by atoms with Gasteiger partial charge in [0.2, 0.25) is 0 Å². The van der Waals surface area contributed by atoms with Crippen molar-refractivity contribution in [2.24, 2.45) is 0 Å². The quantitative estimate of drug-likeness (QED) is 0.933. The number of rotatable bonds is 3. The summed E-state index contributed by atoms with van der Waals surface area (Å²) < 4.78 is 5.70. The van der Waals surface area contributed by atoms with Gasteiger partial charge in [-0.05, 0) is 49.4 Å². The van der Waals surface area contributed by atoms with Crippen LogP contribution in [-0.4, -0.2) is 43.7 Å². The van der Waals surface area contributed by atoms with Crippen molar-refractivity contribution >= 4 is 24.0 Å². The number of hydrogen-bond acceptors (Lipinski definition) is 3. The fourth-order valence-electron chi connectivity index (χ4n) is 3.00. The molecular formula is C16H23ClN2O2. The van der Waals surface area contributed by atoms with Crippen molar-refractivity contribution in [3.63, 3.8) is 0 Å². The summed E-state index contributed by atoms with van der Waals surface area (Å²) >= 11 is 0. The summed E-state index contributed by atoms with van der Waals surface area (Å²) in [5, 5.41) is 3.32. The first kappa shape index (κ1) is 16.1. The zero-order valence-corrected chi connectivity index (χ0v) is 13.2. The molecule has 1 aromatic carbocycles. The normalized spacial score (nSPS) is 20.1. The van der Waals surface area contributed by atoms with Gasteiger partial charge in [0.25, 0.3) is 5.91 Å². The monoisotopic (exact) mass is 310 g/mol. The molecule has 0 saturated carbocycles. The van der Waals surface area contributed by atoms with Crippen LogP contribution in [0.15, 0.2) is 18.2 Å². The van der Waals surface area contributed by atoms with Gasteiger partial charge in [0, 0.05) is 38.0 Å². The van der Waals surface area contributed by atoms with Crippen molar-refractivity contribution in [1.82, 2.24) is 4.90 Å². The van der Waals surface area contributed by atoms with Gasteiger partial charge in [0.15, 0.2) is 0 Å². The first-order chi connectivity index (χ1) is 9.74. The molecule has 1 aromatic rings. The van der Waals surface area contributed by atoms with Crippen LogP contribution in [0.25, 0.3) is 0 Å². The van der Waals surface area contributed by atoms with E-state index in [4.69, 9.17) is 4.74 Å². The highest BCUT2D eigenvalue weighted by Gasteiger charge is 2.21. The average Bonchev–Trinajstić information content (AvgIpc) is 2.94. The maximum Gasteiger partial charge on any atom is 0.253 e. The van der Waals surface area contributed by atoms with Gasteiger partial charge in [-0.3, -0.25) is 4.79 Å². The Morgan fingerprint density at radius 2 is 2.29 bits per heavy atom. The number of ether oxygens (including phenoxy) is 1. The van der Waals surface area contributed by atoms with Crippen molar-refractivity contribution in [1.29, 1.82) is 0 Å². The van der Waals surface area contributed by atoms with Crippen molar-refractivity contribution in [2.45, 2.75) is 31.8 Å². The molecule has 3 rings (SSSR count). The van der Waals surface area contributed by atoms with E-state index in [1.807, 2.05) is 25.2 Å². The highest BCUT2D eigenvalue weighted by atomic mass is 35.5. The second-order valence-electron chi connectivity index (χ2n) is 5.72. The van der Waals surface area contributed by atoms with Crippen LogP contribution in [0.3, 0.4) is 0 Å². The summed E-state index contributed by atoms with van der Waals surface area (Å²) in [6, 6.07) is 5.95. The maximum atomic E-state index is 12.5. The number of halogens is 1. The van der Waals surface area contributed by atoms with E-state index >= 15 is 0 Å². The molecule has 0 spiro atoms. The van der Waals surface area contributed by atoms with Crippen LogP contribution < -0.4 is 5.32 Å². The predicted molar refractivity (Wildman–Crippen MR) is 86.4 cm³/mol. The standard InChI is InChI=1S/C16H22N2O2.ClH/c1-18(11-14-4-2-3-9-20-14)16(19)13-5-6-15-12(10-13)7-8-17-15;/h5-6,10,14,17H,2-4,7-9,11H2,1H3;1H. The minimum atomic E-state index is 0. The number of nitrogens with one attached hydrogen (secondary N) is 1. The van der Waals surface area contributed by atoms with E-state index in [0.29, 0.717) is 6.54 Å². The third-order valence-electron chi connectivity index (χ3n) is 4.16. The largest absolute Gasteiger partial charge is 0.384 e. The van der Waals surface area contributed by atoms with Gasteiger partial charge in [0.05, 0.1) is 6.10 Å². The number of carbonyl (C=O) groups excluding carboxylic acids is 1. The Morgan fingerprint density at radius 3 is 3.05 bits per heavy atom. The van der Waals surface area contributed by atoms with Gasteiger partial charge in [-0.15, -0.1) is 12.4 Å². The molecule has 1 fully saturated rings. The third kappa shape index (κ3) is 3.69. The lowest BCUT2D eigenvalue weighted by molar-refractivity contribution is -0.000188. The Hall–Kier alpha value is -1.26. The highest BCUT2D eigenvalue weighted by Crippen LogP contribution is 2.23. The summed E-state index contributed by atoms with van der Waals surface area (Å²) in [7, 11) is 1.87. The van der Waals surface area contributed by atoms with E-state index in [1.165, 1.54) is 17.7 Å². The molecule has 1 unspecified atom stereocenters. The third-order valence-corrected chi connectivity index (χ3v) is 4.16. The molecule has 1 amide bonds. The van der Waals surface area contributed by atoms with Crippen LogP contribution in [0, 0.1) is 0 Å². The Labute approximate surface area is 132 Å². The molecule has 21 heavy (non-hydrogen) atoms. The zero-order chi connectivity index (χ0) is 13.9. The Kier molecular flexibility index (Phi) is 5.48. The Bertz CT molecular complexity index is 501. The van der Waals surface area contributed by atoms with Gasteiger partial charge in [-0.1, -0.05) is 0 Å². The number of hydrogen-bond donors (Lipinski definition) is 1. The second-order valence-corrected chi connectivity index (χ2v) is 5.72. The summed E-state index contributed by atoms with van der Waals surface area (Å²) in [5.74, 6) is 0.0915. The summed E-state index contributed by atoms with van der Waals surface area (Å²) in [6.45, 7) is 2.49. The second kappa shape index (κ2) is 7.14. The maximum absolute atomic E-state index is 12.5. The SMILES string of the molecule is CN(CC1CCCCO1)C(=O)c1ccc2c(c1)CCN2.Cl. The zero-order valence-electron chi connectivity index (χ0n) is 12.4. The molecule has 0 bridgehead atoms. The summed E-state index contributed by atoms with van der Waals surface area (Å²) in [6.07, 6.45) is 4.62. The molecule has 0 aromatic heterocycles. The minimum Gasteiger partial charge on any atom is -0.384 e. The fraction of sp³-hybridized carbons (Fsp3) is 0.562. The van der Waals surface area contributed by atoms with Crippen LogP contribution in [-0.2, 0) is 11.2 Å². The fourth-order valence-corrected chi connectivity index (χ4v) is 3.00.